The normalized spacial score (nSPS) is 12.4. The monoisotopic (exact) mass is 329 g/mol. The van der Waals surface area contributed by atoms with Crippen LogP contribution >= 0.6 is 0 Å². The lowest BCUT2D eigenvalue weighted by atomic mass is 10.0. The van der Waals surface area contributed by atoms with E-state index in [-0.39, 0.29) is 11.8 Å². The summed E-state index contributed by atoms with van der Waals surface area (Å²) >= 11 is 0. The van der Waals surface area contributed by atoms with Gasteiger partial charge < -0.3 is 15.2 Å². The van der Waals surface area contributed by atoms with Crippen LogP contribution in [-0.4, -0.2) is 41.8 Å². The highest BCUT2D eigenvalue weighted by Gasteiger charge is 2.23. The second-order valence-electron chi connectivity index (χ2n) is 6.84. The van der Waals surface area contributed by atoms with Gasteiger partial charge in [0.1, 0.15) is 6.04 Å². The molecule has 0 radical (unpaired) electrons. The number of hydrogen-bond acceptors (Lipinski definition) is 2. The van der Waals surface area contributed by atoms with Crippen molar-refractivity contribution in [3.05, 3.63) is 36.0 Å². The van der Waals surface area contributed by atoms with E-state index in [4.69, 9.17) is 0 Å². The number of likely N-dealkylation sites (N-methyl/N-ethyl adjacent to an activating group) is 1. The summed E-state index contributed by atoms with van der Waals surface area (Å²) < 4.78 is 0. The van der Waals surface area contributed by atoms with Crippen LogP contribution in [0.4, 0.5) is 0 Å². The predicted octanol–water partition coefficient (Wildman–Crippen LogP) is 2.72. The number of amides is 2. The Hall–Kier alpha value is -2.30. The van der Waals surface area contributed by atoms with Crippen molar-refractivity contribution in [2.45, 2.75) is 39.2 Å². The summed E-state index contributed by atoms with van der Waals surface area (Å²) in [4.78, 5) is 29.3. The molecule has 0 unspecified atom stereocenters. The van der Waals surface area contributed by atoms with E-state index in [2.05, 4.69) is 16.4 Å². The van der Waals surface area contributed by atoms with Gasteiger partial charge in [-0.25, -0.2) is 0 Å². The summed E-state index contributed by atoms with van der Waals surface area (Å²) in [7, 11) is 3.43. The fourth-order valence-corrected chi connectivity index (χ4v) is 2.86. The third-order valence-electron chi connectivity index (χ3n) is 4.08. The van der Waals surface area contributed by atoms with Crippen LogP contribution in [0.3, 0.4) is 0 Å². The summed E-state index contributed by atoms with van der Waals surface area (Å²) in [6.07, 6.45) is 3.63. The molecule has 1 aromatic carbocycles. The molecule has 0 aliphatic carbocycles. The average Bonchev–Trinajstić information content (AvgIpc) is 2.94. The molecule has 0 saturated heterocycles. The van der Waals surface area contributed by atoms with Gasteiger partial charge in [0.15, 0.2) is 0 Å². The van der Waals surface area contributed by atoms with Gasteiger partial charge in [0, 0.05) is 37.6 Å². The van der Waals surface area contributed by atoms with Gasteiger partial charge in [0.2, 0.25) is 11.8 Å². The van der Waals surface area contributed by atoms with Crippen LogP contribution in [0.25, 0.3) is 10.9 Å². The fraction of sp³-hybridized carbons (Fsp3) is 0.474. The van der Waals surface area contributed by atoms with E-state index < -0.39 is 6.04 Å². The lowest BCUT2D eigenvalue weighted by molar-refractivity contribution is -0.134. The van der Waals surface area contributed by atoms with Crippen LogP contribution in [0.1, 0.15) is 32.3 Å². The fourth-order valence-electron chi connectivity index (χ4n) is 2.86. The minimum atomic E-state index is -0.449. The van der Waals surface area contributed by atoms with Crippen LogP contribution in [0, 0.1) is 5.92 Å². The maximum atomic E-state index is 12.3. The SMILES string of the molecule is CC(C)C[C@H](NC(=O)CCc1c[nH]c2ccccc12)C(=O)N(C)C. The van der Waals surface area contributed by atoms with Crippen molar-refractivity contribution in [3.63, 3.8) is 0 Å². The summed E-state index contributed by atoms with van der Waals surface area (Å²) in [6, 6.07) is 7.60. The third kappa shape index (κ3) is 4.60. The molecule has 130 valence electrons. The van der Waals surface area contributed by atoms with Crippen molar-refractivity contribution in [1.29, 1.82) is 0 Å². The van der Waals surface area contributed by atoms with E-state index in [0.29, 0.717) is 25.2 Å². The minimum absolute atomic E-state index is 0.0517. The smallest absolute Gasteiger partial charge is 0.244 e. The molecule has 0 saturated carbocycles. The van der Waals surface area contributed by atoms with Gasteiger partial charge >= 0.3 is 0 Å². The Labute approximate surface area is 143 Å². The second-order valence-corrected chi connectivity index (χ2v) is 6.84. The van der Waals surface area contributed by atoms with Crippen LogP contribution < -0.4 is 5.32 Å². The number of fused-ring (bicyclic) bond motifs is 1. The number of benzene rings is 1. The molecule has 5 heteroatoms. The highest BCUT2D eigenvalue weighted by atomic mass is 16.2. The molecule has 1 heterocycles. The molecule has 5 nitrogen and oxygen atoms in total. The van der Waals surface area contributed by atoms with Gasteiger partial charge in [-0.05, 0) is 30.4 Å². The van der Waals surface area contributed by atoms with Gasteiger partial charge in [-0.3, -0.25) is 9.59 Å². The lowest BCUT2D eigenvalue weighted by Crippen LogP contribution is -2.47. The Morgan fingerprint density at radius 1 is 1.21 bits per heavy atom. The van der Waals surface area contributed by atoms with Crippen LogP contribution in [-0.2, 0) is 16.0 Å². The number of H-pyrrole nitrogens is 1. The van der Waals surface area contributed by atoms with Gasteiger partial charge in [0.05, 0.1) is 0 Å². The zero-order chi connectivity index (χ0) is 17.7. The van der Waals surface area contributed by atoms with E-state index in [1.807, 2.05) is 38.2 Å². The average molecular weight is 329 g/mol. The molecule has 2 amide bonds. The highest BCUT2D eigenvalue weighted by Crippen LogP contribution is 2.19. The zero-order valence-electron chi connectivity index (χ0n) is 14.9. The Balaban J connectivity index is 1.96. The van der Waals surface area contributed by atoms with Crippen LogP contribution in [0.15, 0.2) is 30.5 Å². The topological polar surface area (TPSA) is 65.2 Å². The van der Waals surface area contributed by atoms with Gasteiger partial charge in [-0.1, -0.05) is 32.0 Å². The lowest BCUT2D eigenvalue weighted by Gasteiger charge is -2.23. The maximum Gasteiger partial charge on any atom is 0.244 e. The summed E-state index contributed by atoms with van der Waals surface area (Å²) in [5.41, 5.74) is 2.20. The molecule has 2 N–H and O–H groups in total. The molecule has 1 aromatic heterocycles. The number of aromatic amines is 1. The molecule has 0 bridgehead atoms. The highest BCUT2D eigenvalue weighted by molar-refractivity contribution is 5.88. The van der Waals surface area contributed by atoms with E-state index in [1.165, 1.54) is 4.90 Å². The number of hydrogen-bond donors (Lipinski definition) is 2. The number of carbonyl (C=O) groups excluding carboxylic acids is 2. The molecule has 2 aromatic rings. The first kappa shape index (κ1) is 18.0. The molecular weight excluding hydrogens is 302 g/mol. The van der Waals surface area contributed by atoms with Gasteiger partial charge in [-0.2, -0.15) is 0 Å². The number of aromatic nitrogens is 1. The summed E-state index contributed by atoms with van der Waals surface area (Å²) in [6.45, 7) is 4.10. The molecular formula is C19H27N3O2. The van der Waals surface area contributed by atoms with E-state index >= 15 is 0 Å². The number of para-hydroxylation sites is 1. The van der Waals surface area contributed by atoms with E-state index in [1.54, 1.807) is 14.1 Å². The van der Waals surface area contributed by atoms with Gasteiger partial charge in [0.25, 0.3) is 0 Å². The second kappa shape index (κ2) is 7.99. The van der Waals surface area contributed by atoms with Crippen molar-refractivity contribution in [1.82, 2.24) is 15.2 Å². The molecule has 24 heavy (non-hydrogen) atoms. The molecule has 0 fully saturated rings. The van der Waals surface area contributed by atoms with Crippen molar-refractivity contribution in [2.75, 3.05) is 14.1 Å². The Bertz CT molecular complexity index is 703. The molecule has 0 spiro atoms. The van der Waals surface area contributed by atoms with Crippen molar-refractivity contribution in [2.24, 2.45) is 5.92 Å². The van der Waals surface area contributed by atoms with Gasteiger partial charge in [-0.15, -0.1) is 0 Å². The predicted molar refractivity (Wildman–Crippen MR) is 96.7 cm³/mol. The third-order valence-corrected chi connectivity index (χ3v) is 4.08. The van der Waals surface area contributed by atoms with Crippen molar-refractivity contribution < 1.29 is 9.59 Å². The summed E-state index contributed by atoms with van der Waals surface area (Å²) in [5.74, 6) is 0.207. The number of nitrogens with one attached hydrogen (secondary N) is 2. The number of aryl methyl sites for hydroxylation is 1. The first-order valence-electron chi connectivity index (χ1n) is 8.44. The molecule has 2 rings (SSSR count). The molecule has 1 atom stereocenters. The quantitative estimate of drug-likeness (QED) is 0.820. The number of nitrogens with zero attached hydrogens (tertiary/aromatic N) is 1. The van der Waals surface area contributed by atoms with Crippen molar-refractivity contribution in [3.8, 4) is 0 Å². The maximum absolute atomic E-state index is 12.3. The Kier molecular flexibility index (Phi) is 6.01. The Morgan fingerprint density at radius 2 is 1.92 bits per heavy atom. The standard InChI is InChI=1S/C19H27N3O2/c1-13(2)11-17(19(24)22(3)4)21-18(23)10-9-14-12-20-16-8-6-5-7-15(14)16/h5-8,12-13,17,20H,9-11H2,1-4H3,(H,21,23)/t17-/m0/s1. The minimum Gasteiger partial charge on any atom is -0.361 e. The van der Waals surface area contributed by atoms with Crippen LogP contribution in [0.5, 0.6) is 0 Å². The largest absolute Gasteiger partial charge is 0.361 e. The van der Waals surface area contributed by atoms with E-state index in [0.717, 1.165) is 16.5 Å². The number of carbonyl (C=O) groups is 2. The molecule has 0 aliphatic rings. The molecule has 0 aliphatic heterocycles. The zero-order valence-corrected chi connectivity index (χ0v) is 14.9. The number of rotatable bonds is 7. The van der Waals surface area contributed by atoms with E-state index in [9.17, 15) is 9.59 Å². The summed E-state index contributed by atoms with van der Waals surface area (Å²) in [5, 5.41) is 4.05. The Morgan fingerprint density at radius 3 is 2.58 bits per heavy atom. The first-order valence-corrected chi connectivity index (χ1v) is 8.44. The first-order chi connectivity index (χ1) is 11.4. The van der Waals surface area contributed by atoms with Crippen LogP contribution in [0.2, 0.25) is 0 Å². The van der Waals surface area contributed by atoms with Crippen molar-refractivity contribution >= 4 is 22.7 Å².